The van der Waals surface area contributed by atoms with E-state index in [0.717, 1.165) is 0 Å². The van der Waals surface area contributed by atoms with Gasteiger partial charge in [-0.2, -0.15) is 5.10 Å². The van der Waals surface area contributed by atoms with E-state index in [2.05, 4.69) is 15.5 Å². The lowest BCUT2D eigenvalue weighted by atomic mass is 10.3. The topological polar surface area (TPSA) is 74.8 Å². The molecule has 2 N–H and O–H groups in total. The maximum atomic E-state index is 11.4. The summed E-state index contributed by atoms with van der Waals surface area (Å²) in [5.41, 5.74) is -0.164. The molecule has 0 bridgehead atoms. The fourth-order valence-corrected chi connectivity index (χ4v) is 0.985. The number of nitrogens with one attached hydrogen (secondary N) is 2. The minimum Gasteiger partial charge on any atom is -0.347 e. The van der Waals surface area contributed by atoms with E-state index in [9.17, 15) is 9.59 Å². The number of aromatic amines is 1. The third kappa shape index (κ3) is 3.95. The summed E-state index contributed by atoms with van der Waals surface area (Å²) in [6.07, 6.45) is 3.46. The molecule has 1 amide bonds. The zero-order chi connectivity index (χ0) is 11.1. The van der Waals surface area contributed by atoms with Crippen LogP contribution in [0.2, 0.25) is 0 Å². The lowest BCUT2D eigenvalue weighted by Gasteiger charge is -1.99. The molecule has 0 unspecified atom stereocenters. The van der Waals surface area contributed by atoms with Gasteiger partial charge in [-0.1, -0.05) is 12.2 Å². The van der Waals surface area contributed by atoms with Crippen LogP contribution in [-0.4, -0.2) is 28.5 Å². The summed E-state index contributed by atoms with van der Waals surface area (Å²) in [6, 6.07) is 2.61. The summed E-state index contributed by atoms with van der Waals surface area (Å²) >= 11 is 5.40. The van der Waals surface area contributed by atoms with Crippen molar-refractivity contribution in [2.45, 2.75) is 0 Å². The molecule has 5 nitrogen and oxygen atoms in total. The van der Waals surface area contributed by atoms with Crippen LogP contribution in [0, 0.1) is 0 Å². The standard InChI is InChI=1S/C9H10ClN3O2/c10-5-1-2-6-11-9(15)7-3-4-8(14)13-12-7/h1-4H,5-6H2,(H,11,15)(H,13,14)/b2-1+. The van der Waals surface area contributed by atoms with Crippen molar-refractivity contribution in [1.29, 1.82) is 0 Å². The van der Waals surface area contributed by atoms with Crippen molar-refractivity contribution < 1.29 is 4.79 Å². The summed E-state index contributed by atoms with van der Waals surface area (Å²) < 4.78 is 0. The first-order chi connectivity index (χ1) is 7.24. The highest BCUT2D eigenvalue weighted by atomic mass is 35.5. The van der Waals surface area contributed by atoms with Gasteiger partial charge < -0.3 is 5.32 Å². The monoisotopic (exact) mass is 227 g/mol. The number of aromatic nitrogens is 2. The molecule has 15 heavy (non-hydrogen) atoms. The third-order valence-electron chi connectivity index (χ3n) is 1.55. The maximum Gasteiger partial charge on any atom is 0.271 e. The van der Waals surface area contributed by atoms with Gasteiger partial charge in [0, 0.05) is 18.5 Å². The molecule has 80 valence electrons. The van der Waals surface area contributed by atoms with Crippen LogP contribution < -0.4 is 10.9 Å². The molecule has 0 fully saturated rings. The Hall–Kier alpha value is -1.62. The first-order valence-corrected chi connectivity index (χ1v) is 4.82. The Morgan fingerprint density at radius 3 is 2.93 bits per heavy atom. The Kier molecular flexibility index (Phi) is 4.56. The SMILES string of the molecule is O=C(NC/C=C/CCl)c1ccc(=O)[nH]n1. The highest BCUT2D eigenvalue weighted by Gasteiger charge is 2.04. The van der Waals surface area contributed by atoms with Crippen molar-refractivity contribution in [3.8, 4) is 0 Å². The van der Waals surface area contributed by atoms with Gasteiger partial charge in [0.05, 0.1) is 0 Å². The lowest BCUT2D eigenvalue weighted by Crippen LogP contribution is -2.25. The molecular formula is C9H10ClN3O2. The number of rotatable bonds is 4. The van der Waals surface area contributed by atoms with Crippen LogP contribution in [0.5, 0.6) is 0 Å². The van der Waals surface area contributed by atoms with E-state index in [1.165, 1.54) is 12.1 Å². The van der Waals surface area contributed by atoms with E-state index in [-0.39, 0.29) is 17.2 Å². The Labute approximate surface area is 91.2 Å². The van der Waals surface area contributed by atoms with Gasteiger partial charge in [0.2, 0.25) is 0 Å². The van der Waals surface area contributed by atoms with Crippen LogP contribution in [0.3, 0.4) is 0 Å². The zero-order valence-corrected chi connectivity index (χ0v) is 8.62. The number of hydrogen-bond donors (Lipinski definition) is 2. The van der Waals surface area contributed by atoms with Gasteiger partial charge in [0.1, 0.15) is 5.69 Å². The molecule has 0 spiro atoms. The summed E-state index contributed by atoms with van der Waals surface area (Å²) in [5, 5.41) is 8.34. The van der Waals surface area contributed by atoms with Crippen molar-refractivity contribution in [2.75, 3.05) is 12.4 Å². The van der Waals surface area contributed by atoms with E-state index in [4.69, 9.17) is 11.6 Å². The molecule has 1 heterocycles. The number of carbonyl (C=O) groups excluding carboxylic acids is 1. The predicted octanol–water partition coefficient (Wildman–Crippen LogP) is 0.295. The smallest absolute Gasteiger partial charge is 0.271 e. The van der Waals surface area contributed by atoms with E-state index < -0.39 is 0 Å². The average molecular weight is 228 g/mol. The second-order valence-electron chi connectivity index (χ2n) is 2.64. The number of carbonyl (C=O) groups is 1. The molecule has 0 radical (unpaired) electrons. The number of H-pyrrole nitrogens is 1. The molecule has 0 aliphatic heterocycles. The van der Waals surface area contributed by atoms with E-state index in [1.54, 1.807) is 12.2 Å². The number of halogens is 1. The Morgan fingerprint density at radius 1 is 1.53 bits per heavy atom. The fourth-order valence-electron chi connectivity index (χ4n) is 0.859. The minimum atomic E-state index is -0.342. The van der Waals surface area contributed by atoms with Crippen molar-refractivity contribution in [3.05, 3.63) is 40.3 Å². The van der Waals surface area contributed by atoms with Gasteiger partial charge in [-0.3, -0.25) is 9.59 Å². The molecule has 0 atom stereocenters. The Morgan fingerprint density at radius 2 is 2.33 bits per heavy atom. The van der Waals surface area contributed by atoms with Crippen molar-refractivity contribution in [1.82, 2.24) is 15.5 Å². The summed E-state index contributed by atoms with van der Waals surface area (Å²) in [6.45, 7) is 0.381. The molecule has 0 aliphatic rings. The summed E-state index contributed by atoms with van der Waals surface area (Å²) in [7, 11) is 0. The van der Waals surface area contributed by atoms with E-state index in [1.807, 2.05) is 0 Å². The summed E-state index contributed by atoms with van der Waals surface area (Å²) in [5.74, 6) is 0.0673. The molecule has 1 aromatic heterocycles. The van der Waals surface area contributed by atoms with Gasteiger partial charge >= 0.3 is 0 Å². The number of amides is 1. The average Bonchev–Trinajstić information content (AvgIpc) is 2.25. The Balaban J connectivity index is 2.50. The van der Waals surface area contributed by atoms with Crippen molar-refractivity contribution in [2.24, 2.45) is 0 Å². The van der Waals surface area contributed by atoms with Crippen LogP contribution in [0.4, 0.5) is 0 Å². The molecule has 1 rings (SSSR count). The van der Waals surface area contributed by atoms with Crippen molar-refractivity contribution in [3.63, 3.8) is 0 Å². The molecule has 1 aromatic rings. The van der Waals surface area contributed by atoms with Crippen LogP contribution in [0.1, 0.15) is 10.5 Å². The van der Waals surface area contributed by atoms with Gasteiger partial charge in [0.15, 0.2) is 0 Å². The van der Waals surface area contributed by atoms with Gasteiger partial charge in [-0.15, -0.1) is 11.6 Å². The van der Waals surface area contributed by atoms with Crippen molar-refractivity contribution >= 4 is 17.5 Å². The molecular weight excluding hydrogens is 218 g/mol. The normalized spacial score (nSPS) is 10.5. The number of hydrogen-bond acceptors (Lipinski definition) is 3. The predicted molar refractivity (Wildman–Crippen MR) is 57.1 cm³/mol. The fraction of sp³-hybridized carbons (Fsp3) is 0.222. The molecule has 6 heteroatoms. The van der Waals surface area contributed by atoms with Crippen LogP contribution in [0.25, 0.3) is 0 Å². The maximum absolute atomic E-state index is 11.4. The van der Waals surface area contributed by atoms with Crippen LogP contribution in [-0.2, 0) is 0 Å². The van der Waals surface area contributed by atoms with E-state index >= 15 is 0 Å². The number of alkyl halides is 1. The highest BCUT2D eigenvalue weighted by molar-refractivity contribution is 6.18. The Bertz CT molecular complexity index is 394. The molecule has 0 saturated carbocycles. The van der Waals surface area contributed by atoms with E-state index in [0.29, 0.717) is 12.4 Å². The molecule has 0 aliphatic carbocycles. The highest BCUT2D eigenvalue weighted by Crippen LogP contribution is 1.87. The molecule has 0 saturated heterocycles. The van der Waals surface area contributed by atoms with Crippen LogP contribution >= 0.6 is 11.6 Å². The van der Waals surface area contributed by atoms with Gasteiger partial charge in [-0.05, 0) is 6.07 Å². The first kappa shape index (κ1) is 11.5. The van der Waals surface area contributed by atoms with Crippen LogP contribution in [0.15, 0.2) is 29.1 Å². The largest absolute Gasteiger partial charge is 0.347 e. The zero-order valence-electron chi connectivity index (χ0n) is 7.87. The number of nitrogens with zero attached hydrogens (tertiary/aromatic N) is 1. The lowest BCUT2D eigenvalue weighted by molar-refractivity contribution is 0.0952. The number of allylic oxidation sites excluding steroid dienone is 1. The minimum absolute atomic E-state index is 0.175. The quantitative estimate of drug-likeness (QED) is 0.574. The van der Waals surface area contributed by atoms with Gasteiger partial charge in [-0.25, -0.2) is 5.10 Å². The van der Waals surface area contributed by atoms with Gasteiger partial charge in [0.25, 0.3) is 11.5 Å². The third-order valence-corrected chi connectivity index (χ3v) is 1.73. The first-order valence-electron chi connectivity index (χ1n) is 4.29. The summed E-state index contributed by atoms with van der Waals surface area (Å²) in [4.78, 5) is 22.0. The second-order valence-corrected chi connectivity index (χ2v) is 2.95. The second kappa shape index (κ2) is 5.98. The molecule has 0 aromatic carbocycles.